The maximum absolute atomic E-state index is 11.4. The van der Waals surface area contributed by atoms with Gasteiger partial charge in [-0.1, -0.05) is 30.3 Å². The lowest BCUT2D eigenvalue weighted by Gasteiger charge is -2.09. The van der Waals surface area contributed by atoms with Gasteiger partial charge in [-0.25, -0.2) is 9.78 Å². The van der Waals surface area contributed by atoms with E-state index in [2.05, 4.69) is 4.98 Å². The Hall–Kier alpha value is -4.57. The Labute approximate surface area is 184 Å². The zero-order chi connectivity index (χ0) is 22.5. The number of aromatic nitrogens is 2. The molecule has 0 fully saturated rings. The van der Waals surface area contributed by atoms with Crippen molar-refractivity contribution >= 4 is 29.2 Å². The molecule has 7 heteroatoms. The summed E-state index contributed by atoms with van der Waals surface area (Å²) in [6.07, 6.45) is 3.74. The van der Waals surface area contributed by atoms with Gasteiger partial charge >= 0.3 is 5.97 Å². The summed E-state index contributed by atoms with van der Waals surface area (Å²) in [7, 11) is 1.54. The molecule has 0 spiro atoms. The maximum Gasteiger partial charge on any atom is 0.335 e. The molecule has 0 atom stereocenters. The molecule has 158 valence electrons. The van der Waals surface area contributed by atoms with E-state index in [0.717, 1.165) is 16.8 Å². The van der Waals surface area contributed by atoms with Gasteiger partial charge in [0.25, 0.3) is 0 Å². The Morgan fingerprint density at radius 1 is 1.09 bits per heavy atom. The number of para-hydroxylation sites is 1. The number of methoxy groups -OCH3 is 1. The van der Waals surface area contributed by atoms with E-state index in [1.807, 2.05) is 59.2 Å². The molecule has 1 aromatic heterocycles. The monoisotopic (exact) mass is 425 g/mol. The van der Waals surface area contributed by atoms with Crippen molar-refractivity contribution < 1.29 is 19.4 Å². The number of nitriles is 1. The summed E-state index contributed by atoms with van der Waals surface area (Å²) in [5.74, 6) is 0.663. The topological polar surface area (TPSA) is 97.4 Å². The van der Waals surface area contributed by atoms with E-state index < -0.39 is 5.97 Å². The molecule has 0 amide bonds. The molecular formula is C25H19N3O4. The van der Waals surface area contributed by atoms with Crippen LogP contribution in [0.25, 0.3) is 28.9 Å². The second-order valence-electron chi connectivity index (χ2n) is 6.84. The van der Waals surface area contributed by atoms with Gasteiger partial charge in [-0.3, -0.25) is 4.57 Å². The van der Waals surface area contributed by atoms with Crippen molar-refractivity contribution in [2.45, 2.75) is 0 Å². The molecule has 4 aromatic rings. The first kappa shape index (κ1) is 20.7. The molecule has 0 aliphatic heterocycles. The summed E-state index contributed by atoms with van der Waals surface area (Å²) in [4.78, 5) is 16.1. The molecular weight excluding hydrogens is 406 g/mol. The number of carboxylic acids is 1. The van der Waals surface area contributed by atoms with Crippen molar-refractivity contribution in [1.82, 2.24) is 9.55 Å². The molecule has 0 saturated carbocycles. The largest absolute Gasteiger partial charge is 0.493 e. The Kier molecular flexibility index (Phi) is 5.86. The predicted molar refractivity (Wildman–Crippen MR) is 121 cm³/mol. The van der Waals surface area contributed by atoms with E-state index in [1.54, 1.807) is 30.3 Å². The number of aromatic carboxylic acids is 1. The Balaban J connectivity index is 1.77. The summed E-state index contributed by atoms with van der Waals surface area (Å²) in [5.41, 5.74) is 3.34. The molecule has 0 radical (unpaired) electrons. The first-order valence-electron chi connectivity index (χ1n) is 9.78. The van der Waals surface area contributed by atoms with Gasteiger partial charge in [0, 0.05) is 5.69 Å². The lowest BCUT2D eigenvalue weighted by atomic mass is 10.2. The average molecular weight is 425 g/mol. The third kappa shape index (κ3) is 4.16. The molecule has 0 saturated heterocycles. The normalized spacial score (nSPS) is 10.9. The smallest absolute Gasteiger partial charge is 0.335 e. The molecule has 3 aromatic carbocycles. The van der Waals surface area contributed by atoms with Crippen molar-refractivity contribution in [1.29, 1.82) is 5.26 Å². The van der Waals surface area contributed by atoms with Gasteiger partial charge in [-0.05, 0) is 54.1 Å². The van der Waals surface area contributed by atoms with Gasteiger partial charge in [-0.2, -0.15) is 5.26 Å². The number of hydrogen-bond acceptors (Lipinski definition) is 5. The third-order valence-electron chi connectivity index (χ3n) is 4.85. The van der Waals surface area contributed by atoms with Gasteiger partial charge in [0.1, 0.15) is 11.9 Å². The van der Waals surface area contributed by atoms with Crippen molar-refractivity contribution in [2.75, 3.05) is 13.7 Å². The van der Waals surface area contributed by atoms with Crippen LogP contribution in [0.3, 0.4) is 0 Å². The fourth-order valence-electron chi connectivity index (χ4n) is 3.38. The van der Waals surface area contributed by atoms with Crippen LogP contribution < -0.4 is 9.47 Å². The van der Waals surface area contributed by atoms with Crippen LogP contribution in [0.1, 0.15) is 21.7 Å². The molecule has 32 heavy (non-hydrogen) atoms. The zero-order valence-electron chi connectivity index (χ0n) is 17.2. The van der Waals surface area contributed by atoms with Gasteiger partial charge < -0.3 is 14.6 Å². The second-order valence-corrected chi connectivity index (χ2v) is 6.84. The van der Waals surface area contributed by atoms with Crippen molar-refractivity contribution in [3.8, 4) is 23.3 Å². The number of carbonyl (C=O) groups is 1. The summed E-state index contributed by atoms with van der Waals surface area (Å²) in [6.45, 7) is -0.0645. The highest BCUT2D eigenvalue weighted by Gasteiger charge is 2.13. The van der Waals surface area contributed by atoms with Crippen molar-refractivity contribution in [3.05, 3.63) is 83.7 Å². The maximum atomic E-state index is 11.4. The van der Waals surface area contributed by atoms with Gasteiger partial charge in [0.2, 0.25) is 0 Å². The average Bonchev–Trinajstić information content (AvgIpc) is 3.19. The van der Waals surface area contributed by atoms with Crippen molar-refractivity contribution in [3.63, 3.8) is 0 Å². The minimum atomic E-state index is -0.996. The lowest BCUT2D eigenvalue weighted by Crippen LogP contribution is -1.98. The Morgan fingerprint density at radius 3 is 2.62 bits per heavy atom. The predicted octanol–water partition coefficient (Wildman–Crippen LogP) is 4.81. The number of carboxylic acid groups (broad SMARTS) is 1. The fourth-order valence-corrected chi connectivity index (χ4v) is 3.38. The number of benzene rings is 3. The van der Waals surface area contributed by atoms with Crippen LogP contribution in [-0.4, -0.2) is 34.3 Å². The molecule has 1 heterocycles. The molecule has 1 N–H and O–H groups in total. The van der Waals surface area contributed by atoms with E-state index in [0.29, 0.717) is 22.8 Å². The molecule has 4 rings (SSSR count). The van der Waals surface area contributed by atoms with E-state index in [-0.39, 0.29) is 12.2 Å². The van der Waals surface area contributed by atoms with E-state index >= 15 is 0 Å². The van der Waals surface area contributed by atoms with Crippen LogP contribution in [0.4, 0.5) is 0 Å². The Morgan fingerprint density at radius 2 is 1.91 bits per heavy atom. The highest BCUT2D eigenvalue weighted by atomic mass is 16.5. The van der Waals surface area contributed by atoms with Crippen LogP contribution in [0, 0.1) is 11.3 Å². The summed E-state index contributed by atoms with van der Waals surface area (Å²) in [5, 5.41) is 18.0. The van der Waals surface area contributed by atoms with Gasteiger partial charge in [0.05, 0.1) is 23.7 Å². The minimum Gasteiger partial charge on any atom is -0.493 e. The summed E-state index contributed by atoms with van der Waals surface area (Å²) < 4.78 is 12.7. The minimum absolute atomic E-state index is 0.0645. The van der Waals surface area contributed by atoms with E-state index in [9.17, 15) is 9.90 Å². The number of hydrogen-bond donors (Lipinski definition) is 1. The quantitative estimate of drug-likeness (QED) is 0.457. The molecule has 7 nitrogen and oxygen atoms in total. The van der Waals surface area contributed by atoms with Crippen LogP contribution in [0.5, 0.6) is 11.5 Å². The lowest BCUT2D eigenvalue weighted by molar-refractivity contribution is 0.0697. The van der Waals surface area contributed by atoms with Crippen LogP contribution in [0.2, 0.25) is 0 Å². The Bertz CT molecular complexity index is 1350. The van der Waals surface area contributed by atoms with Crippen LogP contribution >= 0.6 is 0 Å². The molecule has 0 aliphatic rings. The van der Waals surface area contributed by atoms with Gasteiger partial charge in [0.15, 0.2) is 18.1 Å². The van der Waals surface area contributed by atoms with Gasteiger partial charge in [-0.15, -0.1) is 0 Å². The SMILES string of the molecule is COc1cc(/C=C/c2nc3cc(C(=O)O)ccc3n2-c2ccccc2)ccc1OCC#N. The van der Waals surface area contributed by atoms with Crippen LogP contribution in [0.15, 0.2) is 66.7 Å². The second kappa shape index (κ2) is 9.06. The highest BCUT2D eigenvalue weighted by molar-refractivity contribution is 5.93. The molecule has 0 aliphatic carbocycles. The van der Waals surface area contributed by atoms with E-state index in [1.165, 1.54) is 7.11 Å². The van der Waals surface area contributed by atoms with E-state index in [4.69, 9.17) is 14.7 Å². The third-order valence-corrected chi connectivity index (χ3v) is 4.85. The standard InChI is InChI=1S/C25H19N3O4/c1-31-23-15-17(7-11-22(23)32-14-13-26)8-12-24-27-20-16-18(25(29)30)9-10-21(20)28(24)19-5-3-2-4-6-19/h2-12,15-16H,14H2,1H3,(H,29,30)/b12-8+. The summed E-state index contributed by atoms with van der Waals surface area (Å²) >= 11 is 0. The first-order valence-corrected chi connectivity index (χ1v) is 9.78. The van der Waals surface area contributed by atoms with Crippen LogP contribution in [-0.2, 0) is 0 Å². The van der Waals surface area contributed by atoms with Crippen molar-refractivity contribution in [2.24, 2.45) is 0 Å². The highest BCUT2D eigenvalue weighted by Crippen LogP contribution is 2.29. The fraction of sp³-hybridized carbons (Fsp3) is 0.0800. The zero-order valence-corrected chi connectivity index (χ0v) is 17.2. The summed E-state index contributed by atoms with van der Waals surface area (Å²) in [6, 6.07) is 22.0. The number of imidazole rings is 1. The number of rotatable bonds is 7. The molecule has 0 bridgehead atoms. The molecule has 0 unspecified atom stereocenters. The first-order chi connectivity index (χ1) is 15.6. The number of fused-ring (bicyclic) bond motifs is 1. The number of ether oxygens (including phenoxy) is 2. The number of nitrogens with zero attached hydrogens (tertiary/aromatic N) is 3.